The maximum Gasteiger partial charge on any atom is 0.246 e. The molecule has 0 saturated carbocycles. The van der Waals surface area contributed by atoms with E-state index >= 15 is 0 Å². The van der Waals surface area contributed by atoms with Gasteiger partial charge in [-0.25, -0.2) is 19.9 Å². The van der Waals surface area contributed by atoms with Crippen LogP contribution >= 0.6 is 11.3 Å². The number of β-amino-alcohol motifs (C(OH)–C–C–N with tert-alkyl or cyclic N) is 1. The number of benzene rings is 2. The van der Waals surface area contributed by atoms with E-state index in [1.54, 1.807) is 23.7 Å². The Bertz CT molecular complexity index is 2740. The molecule has 19 heteroatoms. The van der Waals surface area contributed by atoms with Gasteiger partial charge in [-0.05, 0) is 60.6 Å². The van der Waals surface area contributed by atoms with Crippen LogP contribution in [0.4, 0.5) is 23.0 Å². The standard InChI is InChI=1S/C52H67N13O5S/c1-34-46(71-33-58-34)36-17-15-35(16-18-36)28-57-50(69)42-27-39(66)31-65(42)51(70)47(52(2,3)4)62-45(68)14-12-10-8-6-7-9-11-13-44(67)55-23-25-63(5)38-21-19-37(20-22-38)59-48-49-56-24-26-64(49)32-41(61-48)40-29-54-30-43(53)60-40/h15-22,24,26,29-30,32-33,39,42,47,66H,6-14,23,25,27-28,31H2,1-5H3,(H2,53,60)(H,55,67)(H,57,69)(H,59,61)(H,62,68)/t39-,42+,47-/m1/s1. The zero-order chi connectivity index (χ0) is 50.5. The van der Waals surface area contributed by atoms with Gasteiger partial charge in [0.05, 0.1) is 34.6 Å². The lowest BCUT2D eigenvalue weighted by molar-refractivity contribution is -0.144. The molecule has 376 valence electrons. The first kappa shape index (κ1) is 51.8. The second-order valence-corrected chi connectivity index (χ2v) is 20.2. The number of anilines is 4. The summed E-state index contributed by atoms with van der Waals surface area (Å²) in [5, 5.41) is 22.9. The second kappa shape index (κ2) is 24.2. The van der Waals surface area contributed by atoms with Crippen LogP contribution in [0.3, 0.4) is 0 Å². The number of rotatable bonds is 23. The number of aliphatic hydroxyl groups excluding tert-OH is 1. The number of nitrogens with two attached hydrogens (primary N) is 1. The third-order valence-electron chi connectivity index (χ3n) is 12.6. The maximum absolute atomic E-state index is 14.0. The van der Waals surface area contributed by atoms with Crippen LogP contribution in [0.2, 0.25) is 0 Å². The monoisotopic (exact) mass is 986 g/mol. The van der Waals surface area contributed by atoms with Crippen molar-refractivity contribution >= 4 is 63.6 Å². The molecule has 3 atom stereocenters. The van der Waals surface area contributed by atoms with Crippen molar-refractivity contribution in [2.45, 2.75) is 117 Å². The smallest absolute Gasteiger partial charge is 0.246 e. The fourth-order valence-corrected chi connectivity index (χ4v) is 9.44. The van der Waals surface area contributed by atoms with Crippen LogP contribution in [0.1, 0.15) is 96.2 Å². The molecular weight excluding hydrogens is 919 g/mol. The number of aromatic nitrogens is 6. The molecular formula is C52H67N13O5S. The molecule has 0 aliphatic carbocycles. The summed E-state index contributed by atoms with van der Waals surface area (Å²) < 4.78 is 1.87. The molecule has 7 rings (SSSR count). The maximum atomic E-state index is 14.0. The van der Waals surface area contributed by atoms with Crippen molar-refractivity contribution in [3.05, 3.63) is 96.3 Å². The number of carbonyl (C=O) groups excluding carboxylic acids is 4. The molecule has 2 aromatic carbocycles. The topological polar surface area (TPSA) is 238 Å². The Morgan fingerprint density at radius 2 is 1.59 bits per heavy atom. The van der Waals surface area contributed by atoms with E-state index in [2.05, 4.69) is 46.1 Å². The van der Waals surface area contributed by atoms with Crippen molar-refractivity contribution < 1.29 is 24.3 Å². The normalized spacial score (nSPS) is 15.1. The molecule has 0 bridgehead atoms. The minimum Gasteiger partial charge on any atom is -0.391 e. The van der Waals surface area contributed by atoms with Gasteiger partial charge in [0.1, 0.15) is 29.3 Å². The number of hydrogen-bond acceptors (Lipinski definition) is 14. The number of likely N-dealkylation sites (tertiary alicyclic amines) is 1. The summed E-state index contributed by atoms with van der Waals surface area (Å²) in [6, 6.07) is 14.2. The van der Waals surface area contributed by atoms with Gasteiger partial charge in [-0.3, -0.25) is 24.2 Å². The predicted molar refractivity (Wildman–Crippen MR) is 278 cm³/mol. The van der Waals surface area contributed by atoms with E-state index in [1.807, 2.05) is 106 Å². The minimum absolute atomic E-state index is 0.0258. The fourth-order valence-electron chi connectivity index (χ4n) is 8.63. The van der Waals surface area contributed by atoms with E-state index in [1.165, 1.54) is 11.1 Å². The van der Waals surface area contributed by atoms with Crippen molar-refractivity contribution in [1.29, 1.82) is 0 Å². The summed E-state index contributed by atoms with van der Waals surface area (Å²) in [6.07, 6.45) is 14.9. The molecule has 1 aliphatic heterocycles. The van der Waals surface area contributed by atoms with Gasteiger partial charge in [0, 0.05) is 82.5 Å². The Kier molecular flexibility index (Phi) is 17.7. The number of nitrogens with one attached hydrogen (secondary N) is 4. The molecule has 1 aliphatic rings. The van der Waals surface area contributed by atoms with Gasteiger partial charge >= 0.3 is 0 Å². The molecule has 4 amide bonds. The summed E-state index contributed by atoms with van der Waals surface area (Å²) in [4.78, 5) is 79.9. The number of carbonyl (C=O) groups is 4. The van der Waals surface area contributed by atoms with Crippen LogP contribution < -0.4 is 31.9 Å². The molecule has 5 heterocycles. The summed E-state index contributed by atoms with van der Waals surface area (Å²) in [7, 11) is 1.99. The lowest BCUT2D eigenvalue weighted by Gasteiger charge is -2.35. The van der Waals surface area contributed by atoms with Crippen molar-refractivity contribution in [2.24, 2.45) is 5.41 Å². The summed E-state index contributed by atoms with van der Waals surface area (Å²) in [5.41, 5.74) is 13.7. The van der Waals surface area contributed by atoms with Gasteiger partial charge in [-0.15, -0.1) is 11.3 Å². The lowest BCUT2D eigenvalue weighted by atomic mass is 9.85. The number of hydrogen-bond donors (Lipinski definition) is 6. The molecule has 0 spiro atoms. The molecule has 0 unspecified atom stereocenters. The Hall–Kier alpha value is -6.99. The average molecular weight is 986 g/mol. The van der Waals surface area contributed by atoms with E-state index in [0.29, 0.717) is 54.6 Å². The van der Waals surface area contributed by atoms with Crippen molar-refractivity contribution in [2.75, 3.05) is 42.6 Å². The third-order valence-corrected chi connectivity index (χ3v) is 13.6. The van der Waals surface area contributed by atoms with Crippen LogP contribution in [-0.2, 0) is 25.7 Å². The van der Waals surface area contributed by atoms with Crippen LogP contribution in [0.25, 0.3) is 27.5 Å². The number of nitrogens with zero attached hydrogens (tertiary/aromatic N) is 8. The van der Waals surface area contributed by atoms with Gasteiger partial charge in [-0.1, -0.05) is 77.1 Å². The largest absolute Gasteiger partial charge is 0.391 e. The van der Waals surface area contributed by atoms with E-state index in [9.17, 15) is 24.3 Å². The first-order chi connectivity index (χ1) is 34.1. The van der Waals surface area contributed by atoms with Crippen molar-refractivity contribution in [1.82, 2.24) is 50.2 Å². The van der Waals surface area contributed by atoms with Crippen LogP contribution in [0.5, 0.6) is 0 Å². The zero-order valence-electron chi connectivity index (χ0n) is 41.4. The van der Waals surface area contributed by atoms with Crippen molar-refractivity contribution in [3.63, 3.8) is 0 Å². The van der Waals surface area contributed by atoms with E-state index in [4.69, 9.17) is 10.7 Å². The quantitative estimate of drug-likeness (QED) is 0.0362. The number of fused-ring (bicyclic) bond motifs is 1. The molecule has 7 N–H and O–H groups in total. The predicted octanol–water partition coefficient (Wildman–Crippen LogP) is 6.82. The Labute approximate surface area is 419 Å². The lowest BCUT2D eigenvalue weighted by Crippen LogP contribution is -2.57. The Balaban J connectivity index is 0.746. The van der Waals surface area contributed by atoms with E-state index in [-0.39, 0.29) is 49.6 Å². The van der Waals surface area contributed by atoms with Crippen LogP contribution in [-0.4, -0.2) is 108 Å². The van der Waals surface area contributed by atoms with E-state index in [0.717, 1.165) is 71.6 Å². The summed E-state index contributed by atoms with van der Waals surface area (Å²) in [6.45, 7) is 9.12. The van der Waals surface area contributed by atoms with Crippen molar-refractivity contribution in [3.8, 4) is 21.8 Å². The SMILES string of the molecule is Cc1ncsc1-c1ccc(CNC(=O)[C@@H]2C[C@@H](O)CN2C(=O)[C@@H](NC(=O)CCCCCCCCCC(=O)NCCN(C)c2ccc(Nc3nc(-c4cncc(N)n4)cn4ccnc34)cc2)C(C)(C)C)cc1. The highest BCUT2D eigenvalue weighted by Gasteiger charge is 2.44. The third kappa shape index (κ3) is 14.3. The first-order valence-corrected chi connectivity index (χ1v) is 25.3. The van der Waals surface area contributed by atoms with Gasteiger partial charge in [0.2, 0.25) is 23.6 Å². The highest BCUT2D eigenvalue weighted by molar-refractivity contribution is 7.13. The average Bonchev–Trinajstić information content (AvgIpc) is 4.12. The molecule has 1 fully saturated rings. The zero-order valence-corrected chi connectivity index (χ0v) is 42.2. The molecule has 18 nitrogen and oxygen atoms in total. The molecule has 71 heavy (non-hydrogen) atoms. The number of unbranched alkanes of at least 4 members (excludes halogenated alkanes) is 6. The van der Waals surface area contributed by atoms with Crippen LogP contribution in [0, 0.1) is 12.3 Å². The molecule has 4 aromatic heterocycles. The number of imidazole rings is 1. The van der Waals surface area contributed by atoms with E-state index < -0.39 is 23.6 Å². The van der Waals surface area contributed by atoms with Gasteiger partial charge in [-0.2, -0.15) is 0 Å². The summed E-state index contributed by atoms with van der Waals surface area (Å²) in [5.74, 6) is 0.00225. The van der Waals surface area contributed by atoms with Gasteiger partial charge in [0.15, 0.2) is 11.5 Å². The number of amides is 4. The number of likely N-dealkylation sites (N-methyl/N-ethyl adjacent to an activating group) is 1. The second-order valence-electron chi connectivity index (χ2n) is 19.3. The number of aryl methyl sites for hydroxylation is 1. The Morgan fingerprint density at radius 3 is 2.27 bits per heavy atom. The Morgan fingerprint density at radius 1 is 0.887 bits per heavy atom. The summed E-state index contributed by atoms with van der Waals surface area (Å²) >= 11 is 1.58. The highest BCUT2D eigenvalue weighted by Crippen LogP contribution is 2.30. The number of nitrogen functional groups attached to an aromatic ring is 1. The number of aliphatic hydroxyl groups is 1. The van der Waals surface area contributed by atoms with Gasteiger partial charge in [0.25, 0.3) is 0 Å². The highest BCUT2D eigenvalue weighted by atomic mass is 32.1. The minimum atomic E-state index is -0.861. The van der Waals surface area contributed by atoms with Crippen LogP contribution in [0.15, 0.2) is 85.0 Å². The fraction of sp³-hybridized carbons (Fsp3) is 0.442. The first-order valence-electron chi connectivity index (χ1n) is 24.4. The molecule has 0 radical (unpaired) electrons. The molecule has 1 saturated heterocycles. The number of thiazole rings is 1. The van der Waals surface area contributed by atoms with Gasteiger partial charge < -0.3 is 46.3 Å². The molecule has 6 aromatic rings.